The Kier molecular flexibility index (Phi) is 7.25. The first-order chi connectivity index (χ1) is 10.8. The summed E-state index contributed by atoms with van der Waals surface area (Å²) in [5.74, 6) is -2.02. The first-order valence-electron chi connectivity index (χ1n) is 7.65. The van der Waals surface area contributed by atoms with E-state index in [1.165, 1.54) is 6.92 Å². The monoisotopic (exact) mass is 320 g/mol. The molecular formula is C17H24N2O4. The van der Waals surface area contributed by atoms with Crippen LogP contribution >= 0.6 is 0 Å². The van der Waals surface area contributed by atoms with Crippen molar-refractivity contribution in [2.45, 2.75) is 45.7 Å². The molecule has 0 aromatic heterocycles. The molecule has 0 fully saturated rings. The Morgan fingerprint density at radius 2 is 1.70 bits per heavy atom. The molecule has 126 valence electrons. The summed E-state index contributed by atoms with van der Waals surface area (Å²) in [6.45, 7) is 4.91. The van der Waals surface area contributed by atoms with Gasteiger partial charge in [-0.25, -0.2) is 4.79 Å². The molecule has 1 aromatic rings. The van der Waals surface area contributed by atoms with E-state index in [2.05, 4.69) is 10.6 Å². The van der Waals surface area contributed by atoms with Crippen LogP contribution in [-0.2, 0) is 20.8 Å². The lowest BCUT2D eigenvalue weighted by Crippen LogP contribution is -2.53. The zero-order chi connectivity index (χ0) is 17.4. The highest BCUT2D eigenvalue weighted by Gasteiger charge is 2.27. The molecule has 0 unspecified atom stereocenters. The van der Waals surface area contributed by atoms with Crippen molar-refractivity contribution in [1.29, 1.82) is 0 Å². The summed E-state index contributed by atoms with van der Waals surface area (Å²) in [6.07, 6.45) is 0.834. The van der Waals surface area contributed by atoms with Crippen molar-refractivity contribution in [3.63, 3.8) is 0 Å². The van der Waals surface area contributed by atoms with Crippen LogP contribution in [0.1, 0.15) is 32.8 Å². The standard InChI is InChI=1S/C17H24N2O4/c1-11(2)15(18-12(3)20)16(21)19-14(17(22)23)10-9-13-7-5-4-6-8-13/h4-8,11,14-15H,9-10H2,1-3H3,(H,18,20)(H,19,21)(H,22,23)/t14-,15-/m1/s1. The maximum Gasteiger partial charge on any atom is 0.326 e. The second-order valence-electron chi connectivity index (χ2n) is 5.85. The third-order valence-electron chi connectivity index (χ3n) is 3.49. The first kappa shape index (κ1) is 18.7. The van der Waals surface area contributed by atoms with Gasteiger partial charge in [0.2, 0.25) is 11.8 Å². The molecular weight excluding hydrogens is 296 g/mol. The molecule has 0 aliphatic heterocycles. The predicted octanol–water partition coefficient (Wildman–Crippen LogP) is 1.35. The van der Waals surface area contributed by atoms with E-state index in [9.17, 15) is 19.5 Å². The zero-order valence-electron chi connectivity index (χ0n) is 13.7. The zero-order valence-corrected chi connectivity index (χ0v) is 13.7. The molecule has 0 saturated carbocycles. The van der Waals surface area contributed by atoms with Gasteiger partial charge in [0.05, 0.1) is 0 Å². The Morgan fingerprint density at radius 3 is 2.17 bits per heavy atom. The summed E-state index contributed by atoms with van der Waals surface area (Å²) in [5, 5.41) is 14.4. The molecule has 23 heavy (non-hydrogen) atoms. The first-order valence-corrected chi connectivity index (χ1v) is 7.65. The van der Waals surface area contributed by atoms with E-state index in [4.69, 9.17) is 0 Å². The number of amides is 2. The quantitative estimate of drug-likeness (QED) is 0.674. The lowest BCUT2D eigenvalue weighted by molar-refractivity contribution is -0.142. The molecule has 0 saturated heterocycles. The average Bonchev–Trinajstić information content (AvgIpc) is 2.49. The van der Waals surface area contributed by atoms with Crippen molar-refractivity contribution in [2.24, 2.45) is 5.92 Å². The van der Waals surface area contributed by atoms with Gasteiger partial charge in [0.15, 0.2) is 0 Å². The Balaban J connectivity index is 2.68. The van der Waals surface area contributed by atoms with Gasteiger partial charge in [-0.1, -0.05) is 44.2 Å². The van der Waals surface area contributed by atoms with E-state index in [1.54, 1.807) is 13.8 Å². The third kappa shape index (κ3) is 6.50. The van der Waals surface area contributed by atoms with Gasteiger partial charge in [-0.3, -0.25) is 9.59 Å². The van der Waals surface area contributed by atoms with Gasteiger partial charge in [0.1, 0.15) is 12.1 Å². The normalized spacial score (nSPS) is 13.2. The van der Waals surface area contributed by atoms with Gasteiger partial charge in [-0.15, -0.1) is 0 Å². The van der Waals surface area contributed by atoms with Gasteiger partial charge in [-0.2, -0.15) is 0 Å². The van der Waals surface area contributed by atoms with Crippen LogP contribution in [0.15, 0.2) is 30.3 Å². The number of carbonyl (C=O) groups excluding carboxylic acids is 2. The van der Waals surface area contributed by atoms with Crippen LogP contribution in [-0.4, -0.2) is 35.0 Å². The molecule has 2 amide bonds. The number of hydrogen-bond donors (Lipinski definition) is 3. The fourth-order valence-electron chi connectivity index (χ4n) is 2.23. The van der Waals surface area contributed by atoms with E-state index in [1.807, 2.05) is 30.3 Å². The Labute approximate surface area is 136 Å². The number of nitrogens with one attached hydrogen (secondary N) is 2. The summed E-state index contributed by atoms with van der Waals surface area (Å²) in [4.78, 5) is 34.8. The third-order valence-corrected chi connectivity index (χ3v) is 3.49. The molecule has 0 bridgehead atoms. The number of rotatable bonds is 8. The van der Waals surface area contributed by atoms with Gasteiger partial charge < -0.3 is 15.7 Å². The molecule has 0 heterocycles. The van der Waals surface area contributed by atoms with Crippen LogP contribution in [0.5, 0.6) is 0 Å². The van der Waals surface area contributed by atoms with E-state index in [0.717, 1.165) is 5.56 Å². The average molecular weight is 320 g/mol. The molecule has 6 heteroatoms. The maximum atomic E-state index is 12.3. The molecule has 3 N–H and O–H groups in total. The number of aryl methyl sites for hydroxylation is 1. The topological polar surface area (TPSA) is 95.5 Å². The number of aliphatic carboxylic acids is 1. The highest BCUT2D eigenvalue weighted by Crippen LogP contribution is 2.07. The Bertz CT molecular complexity index is 543. The lowest BCUT2D eigenvalue weighted by Gasteiger charge is -2.23. The minimum Gasteiger partial charge on any atom is -0.480 e. The van der Waals surface area contributed by atoms with E-state index in [0.29, 0.717) is 6.42 Å². The summed E-state index contributed by atoms with van der Waals surface area (Å²) in [7, 11) is 0. The van der Waals surface area contributed by atoms with Crippen LogP contribution in [0.25, 0.3) is 0 Å². The fourth-order valence-corrected chi connectivity index (χ4v) is 2.23. The minimum atomic E-state index is -1.08. The van der Waals surface area contributed by atoms with E-state index < -0.39 is 24.0 Å². The van der Waals surface area contributed by atoms with Gasteiger partial charge >= 0.3 is 5.97 Å². The maximum absolute atomic E-state index is 12.3. The highest BCUT2D eigenvalue weighted by molar-refractivity contribution is 5.90. The summed E-state index contributed by atoms with van der Waals surface area (Å²) in [6, 6.07) is 7.75. The summed E-state index contributed by atoms with van der Waals surface area (Å²) >= 11 is 0. The number of carboxylic acid groups (broad SMARTS) is 1. The number of benzene rings is 1. The largest absolute Gasteiger partial charge is 0.480 e. The van der Waals surface area contributed by atoms with E-state index in [-0.39, 0.29) is 18.2 Å². The van der Waals surface area contributed by atoms with Crippen LogP contribution < -0.4 is 10.6 Å². The fraction of sp³-hybridized carbons (Fsp3) is 0.471. The second-order valence-corrected chi connectivity index (χ2v) is 5.85. The summed E-state index contributed by atoms with van der Waals surface area (Å²) in [5.41, 5.74) is 1.01. The lowest BCUT2D eigenvalue weighted by atomic mass is 10.0. The van der Waals surface area contributed by atoms with Crippen molar-refractivity contribution >= 4 is 17.8 Å². The van der Waals surface area contributed by atoms with Crippen molar-refractivity contribution in [3.8, 4) is 0 Å². The van der Waals surface area contributed by atoms with Crippen LogP contribution in [0, 0.1) is 5.92 Å². The highest BCUT2D eigenvalue weighted by atomic mass is 16.4. The number of hydrogen-bond acceptors (Lipinski definition) is 3. The second kappa shape index (κ2) is 8.92. The van der Waals surface area contributed by atoms with Crippen molar-refractivity contribution in [2.75, 3.05) is 0 Å². The number of carboxylic acids is 1. The Morgan fingerprint density at radius 1 is 1.09 bits per heavy atom. The molecule has 0 spiro atoms. The van der Waals surface area contributed by atoms with Gasteiger partial charge in [-0.05, 0) is 24.3 Å². The van der Waals surface area contributed by atoms with Crippen molar-refractivity contribution in [3.05, 3.63) is 35.9 Å². The molecule has 2 atom stereocenters. The molecule has 0 radical (unpaired) electrons. The smallest absolute Gasteiger partial charge is 0.326 e. The van der Waals surface area contributed by atoms with Crippen LogP contribution in [0.2, 0.25) is 0 Å². The van der Waals surface area contributed by atoms with Crippen molar-refractivity contribution < 1.29 is 19.5 Å². The van der Waals surface area contributed by atoms with Crippen LogP contribution in [0.3, 0.4) is 0 Å². The minimum absolute atomic E-state index is 0.137. The van der Waals surface area contributed by atoms with Crippen LogP contribution in [0.4, 0.5) is 0 Å². The molecule has 1 rings (SSSR count). The van der Waals surface area contributed by atoms with Gasteiger partial charge in [0, 0.05) is 6.92 Å². The SMILES string of the molecule is CC(=O)N[C@@H](C(=O)N[C@H](CCc1ccccc1)C(=O)O)C(C)C. The molecule has 0 aliphatic rings. The van der Waals surface area contributed by atoms with Gasteiger partial charge in [0.25, 0.3) is 0 Å². The molecule has 0 aliphatic carbocycles. The predicted molar refractivity (Wildman–Crippen MR) is 86.8 cm³/mol. The van der Waals surface area contributed by atoms with Crippen molar-refractivity contribution in [1.82, 2.24) is 10.6 Å². The molecule has 6 nitrogen and oxygen atoms in total. The number of carbonyl (C=O) groups is 3. The summed E-state index contributed by atoms with van der Waals surface area (Å²) < 4.78 is 0. The molecule has 1 aromatic carbocycles. The van der Waals surface area contributed by atoms with E-state index >= 15 is 0 Å². The Hall–Kier alpha value is -2.37.